The van der Waals surface area contributed by atoms with E-state index in [1.807, 2.05) is 0 Å². The molecule has 1 fully saturated rings. The third-order valence-electron chi connectivity index (χ3n) is 3.08. The number of ether oxygens (including phenoxy) is 1. The van der Waals surface area contributed by atoms with Crippen LogP contribution in [-0.2, 0) is 4.74 Å². The maximum absolute atomic E-state index is 13.8. The van der Waals surface area contributed by atoms with Gasteiger partial charge in [0.15, 0.2) is 6.10 Å². The highest BCUT2D eigenvalue weighted by Crippen LogP contribution is 2.52. The molecule has 0 spiro atoms. The molecule has 1 saturated heterocycles. The predicted molar refractivity (Wildman–Crippen MR) is 59.2 cm³/mol. The average molecular weight is 283 g/mol. The quantitative estimate of drug-likeness (QED) is 0.697. The van der Waals surface area contributed by atoms with Crippen molar-refractivity contribution >= 4 is 11.6 Å². The minimum Gasteiger partial charge on any atom is -0.366 e. The summed E-state index contributed by atoms with van der Waals surface area (Å²) in [5.74, 6) is -9.84. The first-order chi connectivity index (χ1) is 8.26. The van der Waals surface area contributed by atoms with Gasteiger partial charge in [-0.2, -0.15) is 17.6 Å². The lowest BCUT2D eigenvalue weighted by atomic mass is 9.88. The van der Waals surface area contributed by atoms with Crippen molar-refractivity contribution in [3.05, 3.63) is 34.9 Å². The van der Waals surface area contributed by atoms with Crippen LogP contribution in [-0.4, -0.2) is 18.5 Å². The third-order valence-corrected chi connectivity index (χ3v) is 3.33. The van der Waals surface area contributed by atoms with E-state index in [9.17, 15) is 17.6 Å². The Labute approximate surface area is 107 Å². The number of rotatable bonds is 1. The largest absolute Gasteiger partial charge is 0.366 e. The Kier molecular flexibility index (Phi) is 3.32. The molecule has 0 bridgehead atoms. The molecule has 1 aromatic rings. The third kappa shape index (κ3) is 1.99. The normalized spacial score (nSPS) is 30.1. The van der Waals surface area contributed by atoms with E-state index in [1.165, 1.54) is 24.3 Å². The van der Waals surface area contributed by atoms with E-state index < -0.39 is 30.5 Å². The summed E-state index contributed by atoms with van der Waals surface area (Å²) >= 11 is 5.62. The Hall–Kier alpha value is -0.810. The highest BCUT2D eigenvalue weighted by Gasteiger charge is 2.67. The number of alkyl halides is 4. The van der Waals surface area contributed by atoms with Gasteiger partial charge in [-0.3, -0.25) is 0 Å². The van der Waals surface area contributed by atoms with Crippen LogP contribution < -0.4 is 0 Å². The van der Waals surface area contributed by atoms with Crippen molar-refractivity contribution < 1.29 is 22.3 Å². The van der Waals surface area contributed by atoms with Gasteiger partial charge < -0.3 is 4.74 Å². The second-order valence-corrected chi connectivity index (χ2v) is 4.85. The van der Waals surface area contributed by atoms with E-state index in [4.69, 9.17) is 16.3 Å². The fourth-order valence-corrected chi connectivity index (χ4v) is 2.02. The van der Waals surface area contributed by atoms with Gasteiger partial charge >= 0.3 is 11.8 Å². The summed E-state index contributed by atoms with van der Waals surface area (Å²) in [6.45, 7) is 0.641. The number of hydrogen-bond acceptors (Lipinski definition) is 1. The van der Waals surface area contributed by atoms with Crippen LogP contribution in [0, 0.1) is 5.92 Å². The summed E-state index contributed by atoms with van der Waals surface area (Å²) in [6.07, 6.45) is -1.94. The zero-order valence-corrected chi connectivity index (χ0v) is 10.2. The monoisotopic (exact) mass is 282 g/mol. The Morgan fingerprint density at radius 2 is 1.67 bits per heavy atom. The Morgan fingerprint density at radius 1 is 1.11 bits per heavy atom. The second kappa shape index (κ2) is 4.38. The fraction of sp³-hybridized carbons (Fsp3) is 0.500. The van der Waals surface area contributed by atoms with E-state index in [2.05, 4.69) is 0 Å². The highest BCUT2D eigenvalue weighted by atomic mass is 35.5. The summed E-state index contributed by atoms with van der Waals surface area (Å²) in [4.78, 5) is 0. The van der Waals surface area contributed by atoms with Gasteiger partial charge in [0.2, 0.25) is 0 Å². The van der Waals surface area contributed by atoms with Crippen LogP contribution in [0.15, 0.2) is 24.3 Å². The summed E-state index contributed by atoms with van der Waals surface area (Å²) < 4.78 is 59.5. The summed E-state index contributed by atoms with van der Waals surface area (Å²) in [7, 11) is 0. The van der Waals surface area contributed by atoms with E-state index >= 15 is 0 Å². The fourth-order valence-electron chi connectivity index (χ4n) is 1.90. The van der Waals surface area contributed by atoms with Crippen LogP contribution in [0.5, 0.6) is 0 Å². The molecular weight excluding hydrogens is 272 g/mol. The van der Waals surface area contributed by atoms with Crippen LogP contribution in [0.4, 0.5) is 17.6 Å². The lowest BCUT2D eigenvalue weighted by molar-refractivity contribution is -0.322. The van der Waals surface area contributed by atoms with E-state index in [1.54, 1.807) is 0 Å². The van der Waals surface area contributed by atoms with E-state index in [0.717, 1.165) is 6.92 Å². The summed E-state index contributed by atoms with van der Waals surface area (Å²) in [5, 5.41) is 0.345. The van der Waals surface area contributed by atoms with Crippen LogP contribution in [0.1, 0.15) is 18.6 Å². The first-order valence-corrected chi connectivity index (χ1v) is 5.77. The highest BCUT2D eigenvalue weighted by molar-refractivity contribution is 6.30. The van der Waals surface area contributed by atoms with Crippen LogP contribution in [0.2, 0.25) is 5.02 Å². The van der Waals surface area contributed by atoms with Gasteiger partial charge in [-0.25, -0.2) is 0 Å². The zero-order valence-electron chi connectivity index (χ0n) is 9.47. The van der Waals surface area contributed by atoms with Gasteiger partial charge in [-0.05, 0) is 17.7 Å². The van der Waals surface area contributed by atoms with Gasteiger partial charge in [-0.15, -0.1) is 0 Å². The minimum atomic E-state index is -4.24. The topological polar surface area (TPSA) is 9.23 Å². The standard InChI is InChI=1S/C12H11ClF4O/c1-7-6-18-10(12(16,17)11(7,14)15)8-2-4-9(13)5-3-8/h2-5,7,10H,6H2,1H3/t7-,10+/m0/s1. The maximum atomic E-state index is 13.8. The molecule has 0 aromatic heterocycles. The predicted octanol–water partition coefficient (Wildman–Crippen LogP) is 4.32. The molecule has 1 nitrogen and oxygen atoms in total. The summed E-state index contributed by atoms with van der Waals surface area (Å²) in [5.41, 5.74) is -0.00373. The van der Waals surface area contributed by atoms with Gasteiger partial charge in [0, 0.05) is 10.9 Å². The maximum Gasteiger partial charge on any atom is 0.340 e. The van der Waals surface area contributed by atoms with Crippen molar-refractivity contribution in [3.63, 3.8) is 0 Å². The number of benzene rings is 1. The average Bonchev–Trinajstić information content (AvgIpc) is 2.29. The SMILES string of the molecule is C[C@H]1CO[C@H](c2ccc(Cl)cc2)C(F)(F)C1(F)F. The molecule has 6 heteroatoms. The van der Waals surface area contributed by atoms with E-state index in [-0.39, 0.29) is 5.56 Å². The molecule has 0 radical (unpaired) electrons. The van der Waals surface area contributed by atoms with Gasteiger partial charge in [0.1, 0.15) is 0 Å². The number of halogens is 5. The Bertz CT molecular complexity index is 432. The van der Waals surface area contributed by atoms with Crippen LogP contribution >= 0.6 is 11.6 Å². The van der Waals surface area contributed by atoms with Crippen molar-refractivity contribution in [2.24, 2.45) is 5.92 Å². The van der Waals surface area contributed by atoms with Crippen molar-refractivity contribution in [1.29, 1.82) is 0 Å². The van der Waals surface area contributed by atoms with Gasteiger partial charge in [0.25, 0.3) is 0 Å². The molecule has 0 amide bonds. The van der Waals surface area contributed by atoms with Gasteiger partial charge in [-0.1, -0.05) is 30.7 Å². The smallest absolute Gasteiger partial charge is 0.340 e. The molecule has 0 aliphatic carbocycles. The van der Waals surface area contributed by atoms with Gasteiger partial charge in [0.05, 0.1) is 6.61 Å². The number of hydrogen-bond donors (Lipinski definition) is 0. The van der Waals surface area contributed by atoms with Crippen LogP contribution in [0.25, 0.3) is 0 Å². The lowest BCUT2D eigenvalue weighted by Crippen LogP contribution is -2.55. The Balaban J connectivity index is 2.37. The molecule has 1 aliphatic rings. The second-order valence-electron chi connectivity index (χ2n) is 4.41. The van der Waals surface area contributed by atoms with E-state index in [0.29, 0.717) is 5.02 Å². The molecule has 2 rings (SSSR count). The van der Waals surface area contributed by atoms with Crippen molar-refractivity contribution in [2.75, 3.05) is 6.61 Å². The molecule has 0 saturated carbocycles. The molecule has 0 unspecified atom stereocenters. The molecule has 2 atom stereocenters. The molecule has 1 aromatic carbocycles. The Morgan fingerprint density at radius 3 is 2.22 bits per heavy atom. The molecule has 1 aliphatic heterocycles. The first kappa shape index (κ1) is 13.6. The zero-order chi connectivity index (χ0) is 13.6. The molecule has 100 valence electrons. The van der Waals surface area contributed by atoms with Crippen molar-refractivity contribution in [1.82, 2.24) is 0 Å². The molecular formula is C12H11ClF4O. The van der Waals surface area contributed by atoms with Crippen LogP contribution in [0.3, 0.4) is 0 Å². The molecule has 0 N–H and O–H groups in total. The van der Waals surface area contributed by atoms with Crippen molar-refractivity contribution in [2.45, 2.75) is 24.9 Å². The molecule has 1 heterocycles. The van der Waals surface area contributed by atoms with Crippen molar-refractivity contribution in [3.8, 4) is 0 Å². The lowest BCUT2D eigenvalue weighted by Gasteiger charge is -2.41. The first-order valence-electron chi connectivity index (χ1n) is 5.39. The minimum absolute atomic E-state index is 0.00373. The molecule has 18 heavy (non-hydrogen) atoms. The summed E-state index contributed by atoms with van der Waals surface area (Å²) in [6, 6.07) is 5.28.